The minimum absolute atomic E-state index is 0.0508. The largest absolute Gasteiger partial charge is 0.505 e. The van der Waals surface area contributed by atoms with E-state index in [4.69, 9.17) is 18.6 Å². The van der Waals surface area contributed by atoms with Crippen molar-refractivity contribution in [2.75, 3.05) is 51.3 Å². The van der Waals surface area contributed by atoms with Gasteiger partial charge < -0.3 is 19.9 Å². The highest BCUT2D eigenvalue weighted by Crippen LogP contribution is 2.47. The summed E-state index contributed by atoms with van der Waals surface area (Å²) in [7, 11) is -19.9. The number of fused-ring (bicyclic) bond motifs is 1. The number of benzene rings is 4. The SMILES string of the molecule is CNc1ccc2c(O)c(/N=N/c3cc(OC)c(S(=O)(=O)CCOS(=O)(=O)O)cc3OC)c(S(=O)(=O)O)cc2c1/N=N/c1cccc(S(=O)(=O)CCOS(=O)(=O)O)c1. The topological polar surface area (TPSA) is 350 Å². The predicted molar refractivity (Wildman–Crippen MR) is 198 cm³/mol. The molecule has 28 heteroatoms. The van der Waals surface area contributed by atoms with Gasteiger partial charge in [0.2, 0.25) is 0 Å². The minimum Gasteiger partial charge on any atom is -0.505 e. The molecule has 23 nitrogen and oxygen atoms in total. The number of hydrogen-bond donors (Lipinski definition) is 5. The summed E-state index contributed by atoms with van der Waals surface area (Å²) in [6.45, 7) is -1.83. The van der Waals surface area contributed by atoms with Crippen LogP contribution in [-0.2, 0) is 59.0 Å². The lowest BCUT2D eigenvalue weighted by Gasteiger charge is -2.14. The van der Waals surface area contributed by atoms with E-state index in [0.29, 0.717) is 0 Å². The van der Waals surface area contributed by atoms with E-state index in [-0.39, 0.29) is 49.9 Å². The number of nitrogens with one attached hydrogen (secondary N) is 1. The molecule has 4 aromatic rings. The van der Waals surface area contributed by atoms with Gasteiger partial charge in [-0.25, -0.2) is 25.2 Å². The molecule has 310 valence electrons. The maximum Gasteiger partial charge on any atom is 0.397 e. The summed E-state index contributed by atoms with van der Waals surface area (Å²) in [4.78, 5) is -1.82. The van der Waals surface area contributed by atoms with Crippen molar-refractivity contribution in [3.05, 3.63) is 54.6 Å². The molecule has 0 fully saturated rings. The number of rotatable bonds is 18. The summed E-state index contributed by atoms with van der Waals surface area (Å²) >= 11 is 0. The Morgan fingerprint density at radius 1 is 0.632 bits per heavy atom. The third-order valence-electron chi connectivity index (χ3n) is 7.42. The Balaban J connectivity index is 1.81. The van der Waals surface area contributed by atoms with Crippen molar-refractivity contribution < 1.29 is 78.7 Å². The number of ether oxygens (including phenoxy) is 2. The fourth-order valence-corrected chi connectivity index (χ4v) is 8.69. The number of hydrogen-bond acceptors (Lipinski definition) is 20. The van der Waals surface area contributed by atoms with E-state index < -0.39 is 96.5 Å². The molecular weight excluding hydrogens is 867 g/mol. The average Bonchev–Trinajstić information content (AvgIpc) is 3.11. The summed E-state index contributed by atoms with van der Waals surface area (Å²) in [5.41, 5.74) is -1.02. The van der Waals surface area contributed by atoms with E-state index in [1.54, 1.807) is 0 Å². The lowest BCUT2D eigenvalue weighted by Crippen LogP contribution is -2.16. The molecule has 0 heterocycles. The van der Waals surface area contributed by atoms with Gasteiger partial charge in [0, 0.05) is 30.0 Å². The van der Waals surface area contributed by atoms with Crippen LogP contribution in [0.4, 0.5) is 28.4 Å². The van der Waals surface area contributed by atoms with Gasteiger partial charge >= 0.3 is 20.8 Å². The van der Waals surface area contributed by atoms with Crippen LogP contribution in [0.15, 0.2) is 89.7 Å². The average molecular weight is 898 g/mol. The van der Waals surface area contributed by atoms with Gasteiger partial charge in [0.15, 0.2) is 25.4 Å². The molecule has 0 saturated heterocycles. The first-order valence-corrected chi connectivity index (χ1v) is 22.7. The molecule has 4 rings (SSSR count). The third-order valence-corrected chi connectivity index (χ3v) is 12.6. The molecule has 57 heavy (non-hydrogen) atoms. The Labute approximate surface area is 325 Å². The standard InChI is InChI=1S/C29H31N5O18S5/c1-30-21-8-7-19-20(27(21)33-31-17-5-4-6-18(13-17)53(36,37)11-9-51-56(43,44)45)14-26(55(40,41)42)28(29(19)35)34-32-22-15-24(50-3)25(16-23(22)49-2)54(38,39)12-10-52-57(46,47)48/h4-8,13-16,30,35H,9-12H2,1-3H3,(H,40,41,42)(H,43,44,45)(H,46,47,48)/b33-31+,34-32+. The van der Waals surface area contributed by atoms with E-state index in [9.17, 15) is 51.7 Å². The zero-order valence-corrected chi connectivity index (χ0v) is 33.4. The van der Waals surface area contributed by atoms with Crippen molar-refractivity contribution in [3.63, 3.8) is 0 Å². The molecule has 0 aromatic heterocycles. The fraction of sp³-hybridized carbons (Fsp3) is 0.241. The summed E-state index contributed by atoms with van der Waals surface area (Å²) in [6, 6.07) is 10.5. The molecule has 0 aliphatic rings. The highest BCUT2D eigenvalue weighted by Gasteiger charge is 2.27. The maximum atomic E-state index is 13.0. The van der Waals surface area contributed by atoms with Gasteiger partial charge in [0.05, 0.1) is 55.2 Å². The van der Waals surface area contributed by atoms with Crippen LogP contribution in [0.1, 0.15) is 0 Å². The number of methoxy groups -OCH3 is 2. The smallest absolute Gasteiger partial charge is 0.397 e. The molecule has 4 aromatic carbocycles. The molecule has 0 spiro atoms. The van der Waals surface area contributed by atoms with Crippen LogP contribution in [0.3, 0.4) is 0 Å². The van der Waals surface area contributed by atoms with Crippen molar-refractivity contribution in [2.45, 2.75) is 14.7 Å². The monoisotopic (exact) mass is 897 g/mol. The molecule has 0 saturated carbocycles. The normalized spacial score (nSPS) is 13.1. The minimum atomic E-state index is -5.21. The molecule has 0 aliphatic carbocycles. The van der Waals surface area contributed by atoms with Gasteiger partial charge in [0.1, 0.15) is 38.4 Å². The second-order valence-electron chi connectivity index (χ2n) is 11.1. The molecule has 0 bridgehead atoms. The molecular formula is C29H31N5O18S5. The quantitative estimate of drug-likeness (QED) is 0.0699. The van der Waals surface area contributed by atoms with Gasteiger partial charge in [-0.15, -0.1) is 15.3 Å². The van der Waals surface area contributed by atoms with Crippen LogP contribution in [-0.4, -0.2) is 107 Å². The van der Waals surface area contributed by atoms with E-state index in [2.05, 4.69) is 34.1 Å². The Morgan fingerprint density at radius 2 is 1.23 bits per heavy atom. The molecule has 0 atom stereocenters. The fourth-order valence-electron chi connectivity index (χ4n) is 4.86. The first-order chi connectivity index (χ1) is 26.4. The number of anilines is 1. The Bertz CT molecular complexity index is 2830. The van der Waals surface area contributed by atoms with Crippen LogP contribution < -0.4 is 14.8 Å². The first-order valence-electron chi connectivity index (χ1n) is 15.3. The van der Waals surface area contributed by atoms with E-state index in [1.165, 1.54) is 37.4 Å². The Morgan fingerprint density at radius 3 is 1.79 bits per heavy atom. The zero-order valence-electron chi connectivity index (χ0n) is 29.4. The molecule has 0 amide bonds. The van der Waals surface area contributed by atoms with Crippen LogP contribution in [0.25, 0.3) is 10.8 Å². The maximum absolute atomic E-state index is 13.0. The second-order valence-corrected chi connectivity index (χ2v) is 18.8. The summed E-state index contributed by atoms with van der Waals surface area (Å²) < 4.78 is 166. The van der Waals surface area contributed by atoms with Gasteiger partial charge in [-0.05, 0) is 36.4 Å². The van der Waals surface area contributed by atoms with Crippen LogP contribution in [0.2, 0.25) is 0 Å². The second kappa shape index (κ2) is 17.3. The molecule has 0 aliphatic heterocycles. The van der Waals surface area contributed by atoms with Crippen molar-refractivity contribution in [1.82, 2.24) is 0 Å². The number of phenols is 1. The summed E-state index contributed by atoms with van der Waals surface area (Å²) in [5, 5.41) is 29.9. The lowest BCUT2D eigenvalue weighted by molar-refractivity contribution is 0.282. The number of nitrogens with zero attached hydrogens (tertiary/aromatic N) is 4. The highest BCUT2D eigenvalue weighted by molar-refractivity contribution is 7.92. The molecule has 5 N–H and O–H groups in total. The van der Waals surface area contributed by atoms with E-state index in [1.807, 2.05) is 0 Å². The third kappa shape index (κ3) is 11.4. The zero-order chi connectivity index (χ0) is 42.6. The van der Waals surface area contributed by atoms with Crippen LogP contribution in [0.5, 0.6) is 17.2 Å². The number of sulfone groups is 2. The van der Waals surface area contributed by atoms with E-state index in [0.717, 1.165) is 38.5 Å². The van der Waals surface area contributed by atoms with Crippen molar-refractivity contribution >= 4 is 89.8 Å². The van der Waals surface area contributed by atoms with Gasteiger partial charge in [0.25, 0.3) is 10.1 Å². The van der Waals surface area contributed by atoms with Gasteiger partial charge in [-0.2, -0.15) is 30.4 Å². The predicted octanol–water partition coefficient (Wildman–Crippen LogP) is 3.87. The number of aromatic hydroxyl groups is 1. The van der Waals surface area contributed by atoms with Crippen molar-refractivity contribution in [1.29, 1.82) is 0 Å². The lowest BCUT2D eigenvalue weighted by atomic mass is 10.1. The molecule has 0 radical (unpaired) electrons. The number of phenolic OH excluding ortho intramolecular Hbond substituents is 1. The van der Waals surface area contributed by atoms with Gasteiger partial charge in [-0.3, -0.25) is 13.7 Å². The van der Waals surface area contributed by atoms with Crippen LogP contribution in [0, 0.1) is 0 Å². The molecule has 0 unspecified atom stereocenters. The number of azo groups is 2. The van der Waals surface area contributed by atoms with Crippen molar-refractivity contribution in [3.8, 4) is 17.2 Å². The Kier molecular flexibility index (Phi) is 13.6. The Hall–Kier alpha value is -4.91. The summed E-state index contributed by atoms with van der Waals surface area (Å²) in [5.74, 6) is -3.25. The first kappa shape index (κ1) is 44.8. The summed E-state index contributed by atoms with van der Waals surface area (Å²) in [6.07, 6.45) is 0. The van der Waals surface area contributed by atoms with E-state index >= 15 is 0 Å². The van der Waals surface area contributed by atoms with Crippen molar-refractivity contribution in [2.24, 2.45) is 20.5 Å². The van der Waals surface area contributed by atoms with Crippen LogP contribution >= 0.6 is 0 Å². The highest BCUT2D eigenvalue weighted by atomic mass is 32.3. The van der Waals surface area contributed by atoms with Gasteiger partial charge in [-0.1, -0.05) is 6.07 Å².